The lowest BCUT2D eigenvalue weighted by Crippen LogP contribution is -2.32. The Morgan fingerprint density at radius 1 is 1.29 bits per heavy atom. The van der Waals surface area contributed by atoms with Crippen molar-refractivity contribution in [3.05, 3.63) is 74.8 Å². The molecule has 0 spiro atoms. The molecule has 126 valence electrons. The van der Waals surface area contributed by atoms with Gasteiger partial charge in [-0.05, 0) is 24.1 Å². The van der Waals surface area contributed by atoms with Crippen LogP contribution in [0.1, 0.15) is 28.4 Å². The topological polar surface area (TPSA) is 83.7 Å². The smallest absolute Gasteiger partial charge is 0.283 e. The van der Waals surface area contributed by atoms with Crippen LogP contribution in [0, 0.1) is 10.1 Å². The second-order valence-electron chi connectivity index (χ2n) is 5.27. The van der Waals surface area contributed by atoms with Crippen molar-refractivity contribution in [2.24, 2.45) is 0 Å². The maximum absolute atomic E-state index is 12.8. The normalized spacial score (nSPS) is 11.8. The van der Waals surface area contributed by atoms with Gasteiger partial charge in [0.1, 0.15) is 5.56 Å². The van der Waals surface area contributed by atoms with Gasteiger partial charge in [0, 0.05) is 24.7 Å². The number of benzene rings is 2. The van der Waals surface area contributed by atoms with Gasteiger partial charge >= 0.3 is 0 Å². The van der Waals surface area contributed by atoms with Crippen molar-refractivity contribution in [1.29, 1.82) is 0 Å². The fourth-order valence-corrected chi connectivity index (χ4v) is 2.72. The minimum atomic E-state index is -0.628. The summed E-state index contributed by atoms with van der Waals surface area (Å²) in [5.41, 5.74) is 0.472. The molecule has 1 amide bonds. The van der Waals surface area contributed by atoms with Gasteiger partial charge < -0.3 is 10.0 Å². The Morgan fingerprint density at radius 3 is 2.54 bits per heavy atom. The molecule has 0 aromatic heterocycles. The van der Waals surface area contributed by atoms with Crippen LogP contribution in [-0.2, 0) is 0 Å². The van der Waals surface area contributed by atoms with Crippen LogP contribution in [0.15, 0.2) is 48.5 Å². The number of carbonyl (C=O) groups is 1. The van der Waals surface area contributed by atoms with E-state index >= 15 is 0 Å². The molecule has 0 radical (unpaired) electrons. The van der Waals surface area contributed by atoms with E-state index in [9.17, 15) is 20.0 Å². The van der Waals surface area contributed by atoms with Crippen molar-refractivity contribution in [2.45, 2.75) is 12.5 Å². The Kier molecular flexibility index (Phi) is 5.89. The summed E-state index contributed by atoms with van der Waals surface area (Å²) >= 11 is 5.79. The summed E-state index contributed by atoms with van der Waals surface area (Å²) in [5, 5.41) is 20.7. The molecule has 2 aromatic rings. The lowest BCUT2D eigenvalue weighted by atomic mass is 10.0. The molecule has 0 aliphatic heterocycles. The van der Waals surface area contributed by atoms with E-state index in [1.54, 1.807) is 7.05 Å². The minimum Gasteiger partial charge on any atom is -0.396 e. The second-order valence-corrected chi connectivity index (χ2v) is 5.71. The molecule has 0 bridgehead atoms. The molecule has 2 rings (SSSR count). The van der Waals surface area contributed by atoms with Gasteiger partial charge in [-0.25, -0.2) is 0 Å². The molecule has 7 heteroatoms. The van der Waals surface area contributed by atoms with E-state index in [1.165, 1.54) is 17.0 Å². The first-order valence-corrected chi connectivity index (χ1v) is 7.70. The Balaban J connectivity index is 2.39. The van der Waals surface area contributed by atoms with Gasteiger partial charge in [-0.1, -0.05) is 41.9 Å². The predicted molar refractivity (Wildman–Crippen MR) is 91.1 cm³/mol. The van der Waals surface area contributed by atoms with E-state index in [1.807, 2.05) is 30.3 Å². The summed E-state index contributed by atoms with van der Waals surface area (Å²) in [6, 6.07) is 12.8. The highest BCUT2D eigenvalue weighted by Gasteiger charge is 2.27. The van der Waals surface area contributed by atoms with Gasteiger partial charge in [0.2, 0.25) is 0 Å². The Labute approximate surface area is 144 Å². The number of hydrogen-bond acceptors (Lipinski definition) is 4. The van der Waals surface area contributed by atoms with E-state index < -0.39 is 10.8 Å². The van der Waals surface area contributed by atoms with Gasteiger partial charge in [0.25, 0.3) is 11.6 Å². The number of halogens is 1. The highest BCUT2D eigenvalue weighted by atomic mass is 35.5. The van der Waals surface area contributed by atoms with Crippen molar-refractivity contribution in [3.63, 3.8) is 0 Å². The van der Waals surface area contributed by atoms with E-state index in [0.717, 1.165) is 11.6 Å². The summed E-state index contributed by atoms with van der Waals surface area (Å²) in [6.07, 6.45) is 0.327. The van der Waals surface area contributed by atoms with Crippen molar-refractivity contribution in [2.75, 3.05) is 13.7 Å². The molecule has 0 aliphatic rings. The van der Waals surface area contributed by atoms with Crippen LogP contribution >= 0.6 is 11.6 Å². The average molecular weight is 349 g/mol. The molecule has 0 fully saturated rings. The Bertz CT molecular complexity index is 737. The van der Waals surface area contributed by atoms with Crippen LogP contribution in [0.2, 0.25) is 5.02 Å². The third-order valence-corrected chi connectivity index (χ3v) is 4.00. The maximum atomic E-state index is 12.8. The van der Waals surface area contributed by atoms with E-state index in [4.69, 9.17) is 11.6 Å². The maximum Gasteiger partial charge on any atom is 0.283 e. The number of nitro groups is 1. The van der Waals surface area contributed by atoms with Gasteiger partial charge in [-0.2, -0.15) is 0 Å². The molecular weight excluding hydrogens is 332 g/mol. The van der Waals surface area contributed by atoms with Crippen LogP contribution in [0.5, 0.6) is 0 Å². The summed E-state index contributed by atoms with van der Waals surface area (Å²) in [6.45, 7) is -0.111. The molecule has 24 heavy (non-hydrogen) atoms. The fourth-order valence-electron chi connectivity index (χ4n) is 2.55. The van der Waals surface area contributed by atoms with Crippen molar-refractivity contribution in [1.82, 2.24) is 4.90 Å². The lowest BCUT2D eigenvalue weighted by Gasteiger charge is -2.28. The van der Waals surface area contributed by atoms with Crippen LogP contribution in [0.25, 0.3) is 0 Å². The number of nitrogens with zero attached hydrogens (tertiary/aromatic N) is 2. The van der Waals surface area contributed by atoms with E-state index in [-0.39, 0.29) is 28.9 Å². The SMILES string of the molecule is CN(C(=O)c1ccc(Cl)cc1[N+](=O)[O-])C(CCO)c1ccccc1. The zero-order chi connectivity index (χ0) is 17.7. The lowest BCUT2D eigenvalue weighted by molar-refractivity contribution is -0.385. The molecule has 0 aliphatic carbocycles. The number of aliphatic hydroxyl groups excluding tert-OH is 1. The van der Waals surface area contributed by atoms with Crippen LogP contribution < -0.4 is 0 Å². The van der Waals surface area contributed by atoms with E-state index in [2.05, 4.69) is 0 Å². The van der Waals surface area contributed by atoms with Crippen LogP contribution in [0.3, 0.4) is 0 Å². The zero-order valence-corrected chi connectivity index (χ0v) is 13.8. The number of carbonyl (C=O) groups excluding carboxylic acids is 1. The molecule has 0 saturated carbocycles. The first-order valence-electron chi connectivity index (χ1n) is 7.32. The fraction of sp³-hybridized carbons (Fsp3) is 0.235. The van der Waals surface area contributed by atoms with Gasteiger partial charge in [0.15, 0.2) is 0 Å². The van der Waals surface area contributed by atoms with Gasteiger partial charge in [-0.15, -0.1) is 0 Å². The number of rotatable bonds is 6. The first kappa shape index (κ1) is 17.9. The summed E-state index contributed by atoms with van der Waals surface area (Å²) in [4.78, 5) is 24.7. The largest absolute Gasteiger partial charge is 0.396 e. The molecule has 2 aromatic carbocycles. The Morgan fingerprint density at radius 2 is 1.96 bits per heavy atom. The highest BCUT2D eigenvalue weighted by Crippen LogP contribution is 2.29. The van der Waals surface area contributed by atoms with Gasteiger partial charge in [-0.3, -0.25) is 14.9 Å². The molecule has 1 unspecified atom stereocenters. The molecular formula is C17H17ClN2O4. The molecule has 1 N–H and O–H groups in total. The van der Waals surface area contributed by atoms with E-state index in [0.29, 0.717) is 6.42 Å². The number of nitro benzene ring substituents is 1. The quantitative estimate of drug-likeness (QED) is 0.640. The monoisotopic (exact) mass is 348 g/mol. The molecule has 1 atom stereocenters. The van der Waals surface area contributed by atoms with Crippen molar-refractivity contribution < 1.29 is 14.8 Å². The van der Waals surface area contributed by atoms with Crippen molar-refractivity contribution >= 4 is 23.2 Å². The first-order chi connectivity index (χ1) is 11.5. The number of amides is 1. The van der Waals surface area contributed by atoms with Crippen LogP contribution in [-0.4, -0.2) is 34.5 Å². The van der Waals surface area contributed by atoms with Gasteiger partial charge in [0.05, 0.1) is 11.0 Å². The summed E-state index contributed by atoms with van der Waals surface area (Å²) < 4.78 is 0. The zero-order valence-electron chi connectivity index (χ0n) is 13.1. The third kappa shape index (κ3) is 3.90. The second kappa shape index (κ2) is 7.90. The highest BCUT2D eigenvalue weighted by molar-refractivity contribution is 6.31. The standard InChI is InChI=1S/C17H17ClN2O4/c1-19(15(9-10-21)12-5-3-2-4-6-12)17(22)14-8-7-13(18)11-16(14)20(23)24/h2-8,11,15,21H,9-10H2,1H3. The number of hydrogen-bond donors (Lipinski definition) is 1. The third-order valence-electron chi connectivity index (χ3n) is 3.76. The average Bonchev–Trinajstić information content (AvgIpc) is 2.59. The summed E-state index contributed by atoms with van der Waals surface area (Å²) in [7, 11) is 1.56. The van der Waals surface area contributed by atoms with Crippen LogP contribution in [0.4, 0.5) is 5.69 Å². The molecule has 0 heterocycles. The number of aliphatic hydroxyl groups is 1. The molecule has 0 saturated heterocycles. The Hall–Kier alpha value is -2.44. The minimum absolute atomic E-state index is 0.0363. The predicted octanol–water partition coefficient (Wildman–Crippen LogP) is 3.44. The summed E-state index contributed by atoms with van der Waals surface area (Å²) in [5.74, 6) is -0.499. The van der Waals surface area contributed by atoms with Crippen molar-refractivity contribution in [3.8, 4) is 0 Å². The molecule has 6 nitrogen and oxygen atoms in total.